The summed E-state index contributed by atoms with van der Waals surface area (Å²) in [6.45, 7) is 2.08. The lowest BCUT2D eigenvalue weighted by atomic mass is 10.2. The Hall–Kier alpha value is -1.42. The zero-order chi connectivity index (χ0) is 9.97. The fraction of sp³-hybridized carbons (Fsp3) is 0.200. The van der Waals surface area contributed by atoms with Crippen LogP contribution in [0.3, 0.4) is 0 Å². The van der Waals surface area contributed by atoms with Crippen LogP contribution < -0.4 is 5.32 Å². The van der Waals surface area contributed by atoms with Crippen molar-refractivity contribution in [3.05, 3.63) is 29.1 Å². The van der Waals surface area contributed by atoms with Crippen LogP contribution in [-0.4, -0.2) is 17.2 Å². The van der Waals surface area contributed by atoms with E-state index >= 15 is 0 Å². The number of thiophene rings is 1. The highest BCUT2D eigenvalue weighted by Gasteiger charge is 2.04. The van der Waals surface area contributed by atoms with Crippen LogP contribution in [0.25, 0.3) is 10.6 Å². The van der Waals surface area contributed by atoms with Crippen molar-refractivity contribution in [3.8, 4) is 10.6 Å². The van der Waals surface area contributed by atoms with Crippen molar-refractivity contribution in [1.29, 1.82) is 0 Å². The number of rotatable bonds is 2. The summed E-state index contributed by atoms with van der Waals surface area (Å²) in [4.78, 5) is 1.19. The Morgan fingerprint density at radius 3 is 2.57 bits per heavy atom. The van der Waals surface area contributed by atoms with Gasteiger partial charge in [0.05, 0.1) is 4.88 Å². The zero-order valence-electron chi connectivity index (χ0n) is 8.11. The molecule has 2 aromatic heterocycles. The van der Waals surface area contributed by atoms with E-state index in [1.807, 2.05) is 19.2 Å². The predicted octanol–water partition coefficient (Wildman–Crippen LogP) is 2.56. The summed E-state index contributed by atoms with van der Waals surface area (Å²) in [7, 11) is 1.83. The van der Waals surface area contributed by atoms with Gasteiger partial charge >= 0.3 is 0 Å². The van der Waals surface area contributed by atoms with E-state index in [-0.39, 0.29) is 0 Å². The van der Waals surface area contributed by atoms with Crippen molar-refractivity contribution < 1.29 is 0 Å². The summed E-state index contributed by atoms with van der Waals surface area (Å²) >= 11 is 1.69. The second-order valence-corrected chi connectivity index (χ2v) is 3.90. The van der Waals surface area contributed by atoms with Crippen molar-refractivity contribution in [1.82, 2.24) is 10.2 Å². The van der Waals surface area contributed by atoms with Crippen LogP contribution in [0.15, 0.2) is 23.6 Å². The fourth-order valence-electron chi connectivity index (χ4n) is 1.22. The van der Waals surface area contributed by atoms with E-state index in [1.54, 1.807) is 11.3 Å². The fourth-order valence-corrected chi connectivity index (χ4v) is 2.11. The average Bonchev–Trinajstić information content (AvgIpc) is 2.65. The van der Waals surface area contributed by atoms with Gasteiger partial charge in [0.2, 0.25) is 0 Å². The summed E-state index contributed by atoms with van der Waals surface area (Å²) in [6, 6.07) is 6.01. The van der Waals surface area contributed by atoms with Crippen LogP contribution >= 0.6 is 11.3 Å². The molecular formula is C10H11N3S. The summed E-state index contributed by atoms with van der Waals surface area (Å²) in [5.74, 6) is 0.794. The Bertz CT molecular complexity index is 419. The van der Waals surface area contributed by atoms with Gasteiger partial charge in [0.1, 0.15) is 11.5 Å². The normalized spacial score (nSPS) is 10.1. The molecule has 72 valence electrons. The number of hydrogen-bond donors (Lipinski definition) is 1. The van der Waals surface area contributed by atoms with Crippen LogP contribution in [0.1, 0.15) is 5.56 Å². The maximum Gasteiger partial charge on any atom is 0.148 e. The molecule has 2 heterocycles. The molecule has 0 aliphatic carbocycles. The van der Waals surface area contributed by atoms with Gasteiger partial charge in [-0.2, -0.15) is 0 Å². The van der Waals surface area contributed by atoms with Crippen LogP contribution in [0.5, 0.6) is 0 Å². The second-order valence-electron chi connectivity index (χ2n) is 2.99. The number of hydrogen-bond acceptors (Lipinski definition) is 4. The molecule has 4 heteroatoms. The third kappa shape index (κ3) is 1.61. The topological polar surface area (TPSA) is 37.8 Å². The molecule has 0 fully saturated rings. The molecule has 14 heavy (non-hydrogen) atoms. The first-order valence-electron chi connectivity index (χ1n) is 4.37. The molecule has 0 saturated heterocycles. The summed E-state index contributed by atoms with van der Waals surface area (Å²) in [5, 5.41) is 13.2. The van der Waals surface area contributed by atoms with Crippen molar-refractivity contribution >= 4 is 17.2 Å². The van der Waals surface area contributed by atoms with E-state index in [4.69, 9.17) is 0 Å². The quantitative estimate of drug-likeness (QED) is 0.818. The first kappa shape index (κ1) is 9.15. The highest BCUT2D eigenvalue weighted by Crippen LogP contribution is 2.26. The lowest BCUT2D eigenvalue weighted by Gasteiger charge is -2.00. The Kier molecular flexibility index (Phi) is 2.45. The minimum absolute atomic E-state index is 0.794. The Balaban J connectivity index is 2.39. The van der Waals surface area contributed by atoms with Gasteiger partial charge in [0.25, 0.3) is 0 Å². The molecule has 0 unspecified atom stereocenters. The zero-order valence-corrected chi connectivity index (χ0v) is 8.93. The second kappa shape index (κ2) is 3.75. The van der Waals surface area contributed by atoms with Crippen molar-refractivity contribution in [2.75, 3.05) is 12.4 Å². The Labute approximate surface area is 86.8 Å². The van der Waals surface area contributed by atoms with Gasteiger partial charge in [0.15, 0.2) is 0 Å². The third-order valence-corrected chi connectivity index (χ3v) is 3.05. The summed E-state index contributed by atoms with van der Waals surface area (Å²) in [5.41, 5.74) is 2.19. The van der Waals surface area contributed by atoms with Gasteiger partial charge in [-0.05, 0) is 36.1 Å². The highest BCUT2D eigenvalue weighted by molar-refractivity contribution is 7.13. The predicted molar refractivity (Wildman–Crippen MR) is 59.6 cm³/mol. The highest BCUT2D eigenvalue weighted by atomic mass is 32.1. The van der Waals surface area contributed by atoms with Crippen molar-refractivity contribution in [2.45, 2.75) is 6.92 Å². The number of aryl methyl sites for hydroxylation is 1. The molecular weight excluding hydrogens is 194 g/mol. The molecule has 0 spiro atoms. The van der Waals surface area contributed by atoms with Crippen LogP contribution in [0, 0.1) is 6.92 Å². The maximum absolute atomic E-state index is 4.15. The first-order valence-corrected chi connectivity index (χ1v) is 5.25. The number of aromatic nitrogens is 2. The molecule has 2 aromatic rings. The smallest absolute Gasteiger partial charge is 0.148 e. The van der Waals surface area contributed by atoms with E-state index in [0.717, 1.165) is 11.5 Å². The molecule has 1 N–H and O–H groups in total. The van der Waals surface area contributed by atoms with Gasteiger partial charge in [-0.25, -0.2) is 0 Å². The maximum atomic E-state index is 4.15. The Morgan fingerprint density at radius 2 is 2.07 bits per heavy atom. The van der Waals surface area contributed by atoms with Gasteiger partial charge in [-0.15, -0.1) is 21.5 Å². The molecule has 0 bridgehead atoms. The molecule has 0 radical (unpaired) electrons. The number of anilines is 1. The lowest BCUT2D eigenvalue weighted by molar-refractivity contribution is 1.04. The average molecular weight is 205 g/mol. The van der Waals surface area contributed by atoms with E-state index in [2.05, 4.69) is 33.9 Å². The molecule has 0 aromatic carbocycles. The summed E-state index contributed by atoms with van der Waals surface area (Å²) < 4.78 is 0. The largest absolute Gasteiger partial charge is 0.372 e. The molecule has 3 nitrogen and oxygen atoms in total. The first-order chi connectivity index (χ1) is 6.81. The van der Waals surface area contributed by atoms with E-state index in [0.29, 0.717) is 0 Å². The number of nitrogens with one attached hydrogen (secondary N) is 1. The monoisotopic (exact) mass is 205 g/mol. The SMILES string of the molecule is CNc1ccc(-c2sccc2C)nn1. The number of nitrogens with zero attached hydrogens (tertiary/aromatic N) is 2. The van der Waals surface area contributed by atoms with E-state index in [1.165, 1.54) is 10.4 Å². The van der Waals surface area contributed by atoms with Gasteiger partial charge < -0.3 is 5.32 Å². The minimum atomic E-state index is 0.794. The van der Waals surface area contributed by atoms with E-state index in [9.17, 15) is 0 Å². The minimum Gasteiger partial charge on any atom is -0.372 e. The standard InChI is InChI=1S/C10H11N3S/c1-7-5-6-14-10(7)8-3-4-9(11-2)13-12-8/h3-6H,1-2H3,(H,11,13). The molecule has 2 rings (SSSR count). The van der Waals surface area contributed by atoms with Crippen LogP contribution in [0.2, 0.25) is 0 Å². The van der Waals surface area contributed by atoms with E-state index < -0.39 is 0 Å². The molecule has 0 amide bonds. The molecule has 0 atom stereocenters. The molecule has 0 aliphatic heterocycles. The van der Waals surface area contributed by atoms with Gasteiger partial charge in [0, 0.05) is 7.05 Å². The van der Waals surface area contributed by atoms with Gasteiger partial charge in [-0.1, -0.05) is 0 Å². The Morgan fingerprint density at radius 1 is 1.21 bits per heavy atom. The molecule has 0 saturated carbocycles. The lowest BCUT2D eigenvalue weighted by Crippen LogP contribution is -1.94. The third-order valence-electron chi connectivity index (χ3n) is 2.02. The summed E-state index contributed by atoms with van der Waals surface area (Å²) in [6.07, 6.45) is 0. The van der Waals surface area contributed by atoms with Gasteiger partial charge in [-0.3, -0.25) is 0 Å². The van der Waals surface area contributed by atoms with Crippen LogP contribution in [0.4, 0.5) is 5.82 Å². The molecule has 0 aliphatic rings. The van der Waals surface area contributed by atoms with Crippen LogP contribution in [-0.2, 0) is 0 Å². The van der Waals surface area contributed by atoms with Crippen molar-refractivity contribution in [3.63, 3.8) is 0 Å². The van der Waals surface area contributed by atoms with Crippen molar-refractivity contribution in [2.24, 2.45) is 0 Å².